The SMILES string of the molecule is CCC(C)(C(=O)c1ccc(F)c(F)c1F)N1CCOCC1. The third kappa shape index (κ3) is 2.82. The molecule has 21 heavy (non-hydrogen) atoms. The number of carbonyl (C=O) groups is 1. The highest BCUT2D eigenvalue weighted by Gasteiger charge is 2.40. The molecule has 1 aliphatic heterocycles. The third-order valence-corrected chi connectivity index (χ3v) is 4.17. The number of Topliss-reactive ketones (excluding diaryl/α,β-unsaturated/α-hetero) is 1. The van der Waals surface area contributed by atoms with Gasteiger partial charge in [-0.25, -0.2) is 13.2 Å². The van der Waals surface area contributed by atoms with Gasteiger partial charge in [0.05, 0.1) is 24.3 Å². The van der Waals surface area contributed by atoms with Gasteiger partial charge in [0.15, 0.2) is 23.2 Å². The van der Waals surface area contributed by atoms with Crippen LogP contribution in [0.1, 0.15) is 30.6 Å². The summed E-state index contributed by atoms with van der Waals surface area (Å²) in [6.07, 6.45) is 0.435. The van der Waals surface area contributed by atoms with E-state index in [0.29, 0.717) is 32.7 Å². The van der Waals surface area contributed by atoms with Crippen LogP contribution in [0.25, 0.3) is 0 Å². The van der Waals surface area contributed by atoms with Crippen molar-refractivity contribution in [3.8, 4) is 0 Å². The lowest BCUT2D eigenvalue weighted by Gasteiger charge is -2.41. The van der Waals surface area contributed by atoms with Crippen LogP contribution < -0.4 is 0 Å². The van der Waals surface area contributed by atoms with Crippen LogP contribution in [0.3, 0.4) is 0 Å². The molecule has 0 aliphatic carbocycles. The summed E-state index contributed by atoms with van der Waals surface area (Å²) in [6.45, 7) is 5.57. The molecule has 116 valence electrons. The molecule has 1 fully saturated rings. The standard InChI is InChI=1S/C15H18F3NO2/c1-3-15(2,19-6-8-21-9-7-19)14(20)10-4-5-11(16)13(18)12(10)17/h4-5H,3,6-9H2,1-2H3. The van der Waals surface area contributed by atoms with Gasteiger partial charge in [0.2, 0.25) is 0 Å². The topological polar surface area (TPSA) is 29.5 Å². The summed E-state index contributed by atoms with van der Waals surface area (Å²) in [7, 11) is 0. The maximum Gasteiger partial charge on any atom is 0.195 e. The van der Waals surface area contributed by atoms with Crippen molar-refractivity contribution in [1.29, 1.82) is 0 Å². The maximum absolute atomic E-state index is 13.9. The Hall–Kier alpha value is -1.40. The molecule has 1 aliphatic rings. The Morgan fingerprint density at radius 3 is 2.43 bits per heavy atom. The van der Waals surface area contributed by atoms with Gasteiger partial charge in [0.1, 0.15) is 0 Å². The summed E-state index contributed by atoms with van der Waals surface area (Å²) >= 11 is 0. The van der Waals surface area contributed by atoms with Gasteiger partial charge in [-0.2, -0.15) is 0 Å². The molecule has 1 aromatic rings. The number of rotatable bonds is 4. The predicted octanol–water partition coefficient (Wildman–Crippen LogP) is 2.79. The van der Waals surface area contributed by atoms with Crippen LogP contribution in [0.4, 0.5) is 13.2 Å². The molecular formula is C15H18F3NO2. The molecule has 1 aromatic carbocycles. The Labute approximate surface area is 121 Å². The van der Waals surface area contributed by atoms with E-state index in [1.165, 1.54) is 0 Å². The zero-order valence-electron chi connectivity index (χ0n) is 12.1. The van der Waals surface area contributed by atoms with Gasteiger partial charge in [0, 0.05) is 13.1 Å². The van der Waals surface area contributed by atoms with Crippen molar-refractivity contribution < 1.29 is 22.7 Å². The summed E-state index contributed by atoms with van der Waals surface area (Å²) in [4.78, 5) is 14.6. The molecule has 1 saturated heterocycles. The highest BCUT2D eigenvalue weighted by atomic mass is 19.2. The van der Waals surface area contributed by atoms with Gasteiger partial charge < -0.3 is 4.74 Å². The highest BCUT2D eigenvalue weighted by Crippen LogP contribution is 2.28. The molecule has 0 N–H and O–H groups in total. The van der Waals surface area contributed by atoms with Crippen molar-refractivity contribution in [2.45, 2.75) is 25.8 Å². The molecule has 2 rings (SSSR count). The lowest BCUT2D eigenvalue weighted by molar-refractivity contribution is -0.0108. The number of hydrogen-bond acceptors (Lipinski definition) is 3. The third-order valence-electron chi connectivity index (χ3n) is 4.17. The van der Waals surface area contributed by atoms with E-state index in [0.717, 1.165) is 12.1 Å². The molecule has 1 unspecified atom stereocenters. The molecule has 6 heteroatoms. The number of carbonyl (C=O) groups excluding carboxylic acids is 1. The quantitative estimate of drug-likeness (QED) is 0.632. The summed E-state index contributed by atoms with van der Waals surface area (Å²) in [5.41, 5.74) is -1.38. The smallest absolute Gasteiger partial charge is 0.195 e. The summed E-state index contributed by atoms with van der Waals surface area (Å²) in [6, 6.07) is 1.78. The Morgan fingerprint density at radius 1 is 1.24 bits per heavy atom. The second kappa shape index (κ2) is 6.15. The first-order valence-electron chi connectivity index (χ1n) is 6.93. The second-order valence-corrected chi connectivity index (χ2v) is 5.28. The van der Waals surface area contributed by atoms with Crippen LogP contribution in [-0.4, -0.2) is 42.5 Å². The highest BCUT2D eigenvalue weighted by molar-refractivity contribution is 6.03. The van der Waals surface area contributed by atoms with Crippen LogP contribution >= 0.6 is 0 Å². The van der Waals surface area contributed by atoms with Crippen LogP contribution in [-0.2, 0) is 4.74 Å². The fraction of sp³-hybridized carbons (Fsp3) is 0.533. The lowest BCUT2D eigenvalue weighted by Crippen LogP contribution is -2.56. The number of hydrogen-bond donors (Lipinski definition) is 0. The Bertz CT molecular complexity index is 544. The minimum absolute atomic E-state index is 0.412. The molecule has 0 spiro atoms. The van der Waals surface area contributed by atoms with Gasteiger partial charge in [-0.05, 0) is 25.5 Å². The number of halogens is 3. The minimum atomic E-state index is -1.61. The van der Waals surface area contributed by atoms with E-state index in [9.17, 15) is 18.0 Å². The van der Waals surface area contributed by atoms with Crippen molar-refractivity contribution in [2.75, 3.05) is 26.3 Å². The monoisotopic (exact) mass is 301 g/mol. The molecule has 0 saturated carbocycles. The first-order chi connectivity index (χ1) is 9.91. The molecular weight excluding hydrogens is 283 g/mol. The first-order valence-corrected chi connectivity index (χ1v) is 6.93. The lowest BCUT2D eigenvalue weighted by atomic mass is 9.86. The van der Waals surface area contributed by atoms with Gasteiger partial charge in [0.25, 0.3) is 0 Å². The van der Waals surface area contributed by atoms with E-state index in [1.807, 2.05) is 11.8 Å². The van der Waals surface area contributed by atoms with E-state index >= 15 is 0 Å². The van der Waals surface area contributed by atoms with Crippen molar-refractivity contribution in [1.82, 2.24) is 4.90 Å². The molecule has 1 atom stereocenters. The Kier molecular flexibility index (Phi) is 4.68. The van der Waals surface area contributed by atoms with Crippen LogP contribution in [0.5, 0.6) is 0 Å². The molecule has 0 bridgehead atoms. The molecule has 1 heterocycles. The molecule has 0 aromatic heterocycles. The van der Waals surface area contributed by atoms with Gasteiger partial charge >= 0.3 is 0 Å². The largest absolute Gasteiger partial charge is 0.379 e. The summed E-state index contributed by atoms with van der Waals surface area (Å²) < 4.78 is 45.5. The number of benzene rings is 1. The van der Waals surface area contributed by atoms with Crippen LogP contribution in [0.15, 0.2) is 12.1 Å². The van der Waals surface area contributed by atoms with Crippen LogP contribution in [0.2, 0.25) is 0 Å². The van der Waals surface area contributed by atoms with Crippen molar-refractivity contribution >= 4 is 5.78 Å². The maximum atomic E-state index is 13.9. The predicted molar refractivity (Wildman–Crippen MR) is 71.7 cm³/mol. The summed E-state index contributed by atoms with van der Waals surface area (Å²) in [5, 5.41) is 0. The van der Waals surface area contributed by atoms with E-state index < -0.39 is 34.3 Å². The van der Waals surface area contributed by atoms with Crippen molar-refractivity contribution in [3.05, 3.63) is 35.1 Å². The van der Waals surface area contributed by atoms with Crippen molar-refractivity contribution in [2.24, 2.45) is 0 Å². The number of nitrogens with zero attached hydrogens (tertiary/aromatic N) is 1. The second-order valence-electron chi connectivity index (χ2n) is 5.28. The molecule has 0 amide bonds. The fourth-order valence-corrected chi connectivity index (χ4v) is 2.58. The Balaban J connectivity index is 2.38. The van der Waals surface area contributed by atoms with Gasteiger partial charge in [-0.15, -0.1) is 0 Å². The number of ketones is 1. The number of morpholine rings is 1. The fourth-order valence-electron chi connectivity index (χ4n) is 2.58. The average molecular weight is 301 g/mol. The van der Waals surface area contributed by atoms with E-state index in [1.54, 1.807) is 6.92 Å². The molecule has 0 radical (unpaired) electrons. The normalized spacial score (nSPS) is 19.3. The van der Waals surface area contributed by atoms with Crippen LogP contribution in [0, 0.1) is 17.5 Å². The first kappa shape index (κ1) is 16.0. The Morgan fingerprint density at radius 2 is 1.86 bits per heavy atom. The molecule has 3 nitrogen and oxygen atoms in total. The zero-order valence-corrected chi connectivity index (χ0v) is 12.1. The minimum Gasteiger partial charge on any atom is -0.379 e. The average Bonchev–Trinajstić information content (AvgIpc) is 2.52. The number of ether oxygens (including phenoxy) is 1. The van der Waals surface area contributed by atoms with Crippen molar-refractivity contribution in [3.63, 3.8) is 0 Å². The summed E-state index contributed by atoms with van der Waals surface area (Å²) in [5.74, 6) is -4.87. The van der Waals surface area contributed by atoms with E-state index in [2.05, 4.69) is 0 Å². The van der Waals surface area contributed by atoms with Gasteiger partial charge in [-0.3, -0.25) is 9.69 Å². The van der Waals surface area contributed by atoms with Gasteiger partial charge in [-0.1, -0.05) is 6.92 Å². The van der Waals surface area contributed by atoms with E-state index in [4.69, 9.17) is 4.74 Å². The van der Waals surface area contributed by atoms with E-state index in [-0.39, 0.29) is 0 Å². The zero-order chi connectivity index (χ0) is 15.6.